The number of rotatable bonds is 9. The van der Waals surface area contributed by atoms with E-state index in [1.165, 1.54) is 0 Å². The van der Waals surface area contributed by atoms with Crippen LogP contribution in [-0.2, 0) is 22.6 Å². The Kier molecular flexibility index (Phi) is 8.05. The fourth-order valence-corrected chi connectivity index (χ4v) is 3.10. The first kappa shape index (κ1) is 21.5. The third-order valence-electron chi connectivity index (χ3n) is 4.53. The summed E-state index contributed by atoms with van der Waals surface area (Å²) in [7, 11) is 1.62. The highest BCUT2D eigenvalue weighted by Crippen LogP contribution is 2.17. The topological polar surface area (TPSA) is 58.6 Å². The molecule has 2 aromatic rings. The summed E-state index contributed by atoms with van der Waals surface area (Å²) >= 11 is 0. The van der Waals surface area contributed by atoms with Gasteiger partial charge in [-0.3, -0.25) is 9.59 Å². The smallest absolute Gasteiger partial charge is 0.243 e. The van der Waals surface area contributed by atoms with E-state index in [2.05, 4.69) is 5.32 Å². The first-order chi connectivity index (χ1) is 13.4. The predicted octanol–water partition coefficient (Wildman–Crippen LogP) is 3.57. The van der Waals surface area contributed by atoms with Crippen molar-refractivity contribution >= 4 is 11.8 Å². The second kappa shape index (κ2) is 10.5. The standard InChI is InChI=1S/C23H30N2O3/c1-5-21(23(27)24-17(2)3)25(16-19-11-13-20(28-4)14-12-19)22(26)15-18-9-7-6-8-10-18/h6-14,17,21H,5,15-16H2,1-4H3,(H,24,27)/t21-/m1/s1. The van der Waals surface area contributed by atoms with Gasteiger partial charge in [0.05, 0.1) is 13.5 Å². The van der Waals surface area contributed by atoms with Gasteiger partial charge in [0.1, 0.15) is 11.8 Å². The van der Waals surface area contributed by atoms with Gasteiger partial charge in [0.15, 0.2) is 0 Å². The van der Waals surface area contributed by atoms with Gasteiger partial charge in [-0.05, 0) is 43.5 Å². The molecule has 2 amide bonds. The molecule has 2 aromatic carbocycles. The number of carbonyl (C=O) groups excluding carboxylic acids is 2. The fraction of sp³-hybridized carbons (Fsp3) is 0.391. The number of nitrogens with one attached hydrogen (secondary N) is 1. The van der Waals surface area contributed by atoms with Crippen molar-refractivity contribution in [2.75, 3.05) is 7.11 Å². The van der Waals surface area contributed by atoms with E-state index in [9.17, 15) is 9.59 Å². The molecular formula is C23H30N2O3. The van der Waals surface area contributed by atoms with Crippen molar-refractivity contribution in [2.45, 2.75) is 52.2 Å². The molecule has 0 aromatic heterocycles. The van der Waals surface area contributed by atoms with Gasteiger partial charge in [-0.25, -0.2) is 0 Å². The summed E-state index contributed by atoms with van der Waals surface area (Å²) in [6.45, 7) is 6.15. The summed E-state index contributed by atoms with van der Waals surface area (Å²) in [5.74, 6) is 0.579. The van der Waals surface area contributed by atoms with E-state index in [4.69, 9.17) is 4.74 Å². The Morgan fingerprint density at radius 1 is 1.00 bits per heavy atom. The van der Waals surface area contributed by atoms with Crippen LogP contribution in [0.4, 0.5) is 0 Å². The Labute approximate surface area is 167 Å². The second-order valence-electron chi connectivity index (χ2n) is 7.12. The first-order valence-electron chi connectivity index (χ1n) is 9.71. The van der Waals surface area contributed by atoms with Crippen molar-refractivity contribution in [3.8, 4) is 5.75 Å². The van der Waals surface area contributed by atoms with Gasteiger partial charge in [0, 0.05) is 12.6 Å². The van der Waals surface area contributed by atoms with Crippen LogP contribution in [0.3, 0.4) is 0 Å². The van der Waals surface area contributed by atoms with Crippen molar-refractivity contribution < 1.29 is 14.3 Å². The number of hydrogen-bond acceptors (Lipinski definition) is 3. The maximum absolute atomic E-state index is 13.2. The molecule has 0 saturated heterocycles. The van der Waals surface area contributed by atoms with Crippen LogP contribution in [0.15, 0.2) is 54.6 Å². The van der Waals surface area contributed by atoms with E-state index in [1.54, 1.807) is 12.0 Å². The number of amides is 2. The van der Waals surface area contributed by atoms with Gasteiger partial charge in [0.25, 0.3) is 0 Å². The lowest BCUT2D eigenvalue weighted by Crippen LogP contribution is -2.50. The highest BCUT2D eigenvalue weighted by molar-refractivity contribution is 5.88. The van der Waals surface area contributed by atoms with Crippen LogP contribution in [0.2, 0.25) is 0 Å². The van der Waals surface area contributed by atoms with E-state index in [1.807, 2.05) is 75.4 Å². The molecule has 0 unspecified atom stereocenters. The molecule has 0 bridgehead atoms. The second-order valence-corrected chi connectivity index (χ2v) is 7.12. The lowest BCUT2D eigenvalue weighted by molar-refractivity contribution is -0.141. The number of methoxy groups -OCH3 is 1. The molecule has 0 radical (unpaired) electrons. The Hall–Kier alpha value is -2.82. The number of carbonyl (C=O) groups is 2. The molecule has 0 aliphatic carbocycles. The van der Waals surface area contributed by atoms with Gasteiger partial charge in [-0.2, -0.15) is 0 Å². The fourth-order valence-electron chi connectivity index (χ4n) is 3.10. The van der Waals surface area contributed by atoms with E-state index < -0.39 is 6.04 Å². The average Bonchev–Trinajstić information content (AvgIpc) is 2.68. The molecule has 28 heavy (non-hydrogen) atoms. The average molecular weight is 383 g/mol. The zero-order chi connectivity index (χ0) is 20.5. The molecule has 150 valence electrons. The molecule has 1 N–H and O–H groups in total. The van der Waals surface area contributed by atoms with Crippen molar-refractivity contribution in [1.29, 1.82) is 0 Å². The SMILES string of the molecule is CC[C@H](C(=O)NC(C)C)N(Cc1ccc(OC)cc1)C(=O)Cc1ccccc1. The van der Waals surface area contributed by atoms with Crippen LogP contribution in [-0.4, -0.2) is 35.9 Å². The van der Waals surface area contributed by atoms with Crippen molar-refractivity contribution in [3.05, 3.63) is 65.7 Å². The summed E-state index contributed by atoms with van der Waals surface area (Å²) in [4.78, 5) is 27.6. The predicted molar refractivity (Wildman–Crippen MR) is 111 cm³/mol. The van der Waals surface area contributed by atoms with Gasteiger partial charge in [-0.15, -0.1) is 0 Å². The monoisotopic (exact) mass is 382 g/mol. The van der Waals surface area contributed by atoms with E-state index >= 15 is 0 Å². The van der Waals surface area contributed by atoms with Crippen molar-refractivity contribution in [3.63, 3.8) is 0 Å². The Balaban J connectivity index is 2.26. The van der Waals surface area contributed by atoms with Crippen molar-refractivity contribution in [2.24, 2.45) is 0 Å². The number of benzene rings is 2. The van der Waals surface area contributed by atoms with Gasteiger partial charge < -0.3 is 15.0 Å². The third-order valence-corrected chi connectivity index (χ3v) is 4.53. The highest BCUT2D eigenvalue weighted by atomic mass is 16.5. The Morgan fingerprint density at radius 3 is 2.18 bits per heavy atom. The lowest BCUT2D eigenvalue weighted by Gasteiger charge is -2.31. The van der Waals surface area contributed by atoms with Gasteiger partial charge in [-0.1, -0.05) is 49.4 Å². The summed E-state index contributed by atoms with van der Waals surface area (Å²) in [6.07, 6.45) is 0.817. The number of ether oxygens (including phenoxy) is 1. The van der Waals surface area contributed by atoms with Crippen LogP contribution in [0.25, 0.3) is 0 Å². The van der Waals surface area contributed by atoms with Crippen LogP contribution in [0.1, 0.15) is 38.3 Å². The minimum absolute atomic E-state index is 0.0219. The zero-order valence-corrected chi connectivity index (χ0v) is 17.1. The summed E-state index contributed by atoms with van der Waals surface area (Å²) in [5.41, 5.74) is 1.89. The molecular weight excluding hydrogens is 352 g/mol. The molecule has 0 fully saturated rings. The highest BCUT2D eigenvalue weighted by Gasteiger charge is 2.28. The molecule has 0 aliphatic heterocycles. The Bertz CT molecular complexity index is 757. The van der Waals surface area contributed by atoms with Gasteiger partial charge >= 0.3 is 0 Å². The van der Waals surface area contributed by atoms with Gasteiger partial charge in [0.2, 0.25) is 11.8 Å². The molecule has 5 nitrogen and oxygen atoms in total. The first-order valence-corrected chi connectivity index (χ1v) is 9.71. The molecule has 0 heterocycles. The summed E-state index contributed by atoms with van der Waals surface area (Å²) < 4.78 is 5.21. The molecule has 0 spiro atoms. The maximum atomic E-state index is 13.2. The number of nitrogens with zero attached hydrogens (tertiary/aromatic N) is 1. The van der Waals surface area contributed by atoms with E-state index in [-0.39, 0.29) is 24.3 Å². The quantitative estimate of drug-likeness (QED) is 0.721. The zero-order valence-electron chi connectivity index (χ0n) is 17.1. The minimum atomic E-state index is -0.513. The minimum Gasteiger partial charge on any atom is -0.497 e. The Morgan fingerprint density at radius 2 is 1.64 bits per heavy atom. The molecule has 5 heteroatoms. The molecule has 0 saturated carbocycles. The number of hydrogen-bond donors (Lipinski definition) is 1. The van der Waals surface area contributed by atoms with Crippen LogP contribution in [0.5, 0.6) is 5.75 Å². The molecule has 1 atom stereocenters. The maximum Gasteiger partial charge on any atom is 0.243 e. The molecule has 2 rings (SSSR count). The normalized spacial score (nSPS) is 11.8. The summed E-state index contributed by atoms with van der Waals surface area (Å²) in [5, 5.41) is 2.94. The largest absolute Gasteiger partial charge is 0.497 e. The molecule has 0 aliphatic rings. The third kappa shape index (κ3) is 6.12. The van der Waals surface area contributed by atoms with Crippen molar-refractivity contribution in [1.82, 2.24) is 10.2 Å². The van der Waals surface area contributed by atoms with Crippen LogP contribution in [0, 0.1) is 0 Å². The lowest BCUT2D eigenvalue weighted by atomic mass is 10.1. The van der Waals surface area contributed by atoms with Crippen LogP contribution < -0.4 is 10.1 Å². The van der Waals surface area contributed by atoms with E-state index in [0.717, 1.165) is 16.9 Å². The summed E-state index contributed by atoms with van der Waals surface area (Å²) in [6, 6.07) is 16.7. The van der Waals surface area contributed by atoms with E-state index in [0.29, 0.717) is 13.0 Å². The van der Waals surface area contributed by atoms with Crippen LogP contribution >= 0.6 is 0 Å².